The normalized spacial score (nSPS) is 32.8. The molecule has 2 aliphatic rings. The lowest BCUT2D eigenvalue weighted by Crippen LogP contribution is -2.52. The third-order valence-electron chi connectivity index (χ3n) is 5.24. The molecule has 0 unspecified atom stereocenters. The summed E-state index contributed by atoms with van der Waals surface area (Å²) in [6, 6.07) is 10.4. The lowest BCUT2D eigenvalue weighted by molar-refractivity contribution is -0.123. The van der Waals surface area contributed by atoms with Gasteiger partial charge < -0.3 is 9.84 Å². The highest BCUT2D eigenvalue weighted by atomic mass is 16.5. The van der Waals surface area contributed by atoms with Gasteiger partial charge in [-0.15, -0.1) is 0 Å². The Bertz CT molecular complexity index is 564. The van der Waals surface area contributed by atoms with Crippen LogP contribution in [0.5, 0.6) is 0 Å². The molecule has 2 saturated heterocycles. The SMILES string of the molecule is C[C@]1(O)CCOC[C@H]1[C@H]1CCCN1Cc1ccccc1C#N. The van der Waals surface area contributed by atoms with E-state index in [4.69, 9.17) is 4.74 Å². The largest absolute Gasteiger partial charge is 0.390 e. The van der Waals surface area contributed by atoms with Gasteiger partial charge in [0.2, 0.25) is 0 Å². The van der Waals surface area contributed by atoms with Crippen LogP contribution in [-0.4, -0.2) is 41.4 Å². The topological polar surface area (TPSA) is 56.5 Å². The summed E-state index contributed by atoms with van der Waals surface area (Å²) in [5, 5.41) is 20.0. The zero-order valence-corrected chi connectivity index (χ0v) is 13.2. The summed E-state index contributed by atoms with van der Waals surface area (Å²) in [4.78, 5) is 2.42. The van der Waals surface area contributed by atoms with Crippen molar-refractivity contribution in [1.29, 1.82) is 5.26 Å². The van der Waals surface area contributed by atoms with Gasteiger partial charge in [-0.05, 0) is 44.4 Å². The van der Waals surface area contributed by atoms with Crippen LogP contribution >= 0.6 is 0 Å². The summed E-state index contributed by atoms with van der Waals surface area (Å²) < 4.78 is 5.63. The van der Waals surface area contributed by atoms with Crippen molar-refractivity contribution in [1.82, 2.24) is 4.90 Å². The number of hydrogen-bond acceptors (Lipinski definition) is 4. The van der Waals surface area contributed by atoms with Gasteiger partial charge in [-0.1, -0.05) is 18.2 Å². The molecule has 1 aromatic carbocycles. The number of nitriles is 1. The second-order valence-corrected chi connectivity index (χ2v) is 6.74. The average molecular weight is 300 g/mol. The number of benzene rings is 1. The Morgan fingerprint density at radius 3 is 3.05 bits per heavy atom. The minimum absolute atomic E-state index is 0.151. The fraction of sp³-hybridized carbons (Fsp3) is 0.611. The van der Waals surface area contributed by atoms with E-state index >= 15 is 0 Å². The van der Waals surface area contributed by atoms with Crippen molar-refractivity contribution in [3.8, 4) is 6.07 Å². The van der Waals surface area contributed by atoms with Crippen LogP contribution in [0.4, 0.5) is 0 Å². The lowest BCUT2D eigenvalue weighted by Gasteiger charge is -2.43. The van der Waals surface area contributed by atoms with E-state index in [1.807, 2.05) is 31.2 Å². The van der Waals surface area contributed by atoms with Gasteiger partial charge in [0.15, 0.2) is 0 Å². The molecule has 4 nitrogen and oxygen atoms in total. The highest BCUT2D eigenvalue weighted by Crippen LogP contribution is 2.36. The molecular formula is C18H24N2O2. The molecule has 0 aromatic heterocycles. The van der Waals surface area contributed by atoms with Crippen LogP contribution in [0, 0.1) is 17.2 Å². The Morgan fingerprint density at radius 1 is 1.45 bits per heavy atom. The van der Waals surface area contributed by atoms with Gasteiger partial charge >= 0.3 is 0 Å². The number of hydrogen-bond donors (Lipinski definition) is 1. The van der Waals surface area contributed by atoms with Crippen molar-refractivity contribution in [2.45, 2.75) is 44.4 Å². The monoisotopic (exact) mass is 300 g/mol. The third kappa shape index (κ3) is 3.03. The van der Waals surface area contributed by atoms with E-state index in [1.165, 1.54) is 0 Å². The molecular weight excluding hydrogens is 276 g/mol. The van der Waals surface area contributed by atoms with Crippen LogP contribution in [0.2, 0.25) is 0 Å². The summed E-state index contributed by atoms with van der Waals surface area (Å²) in [6.45, 7) is 5.03. The molecule has 0 bridgehead atoms. The highest BCUT2D eigenvalue weighted by molar-refractivity contribution is 5.37. The van der Waals surface area contributed by atoms with Gasteiger partial charge in [0.25, 0.3) is 0 Å². The zero-order valence-electron chi connectivity index (χ0n) is 13.2. The number of ether oxygens (including phenoxy) is 1. The number of likely N-dealkylation sites (tertiary alicyclic amines) is 1. The molecule has 0 radical (unpaired) electrons. The Kier molecular flexibility index (Phi) is 4.49. The van der Waals surface area contributed by atoms with Crippen molar-refractivity contribution in [2.24, 2.45) is 5.92 Å². The molecule has 2 heterocycles. The maximum Gasteiger partial charge on any atom is 0.0995 e. The number of aliphatic hydroxyl groups is 1. The van der Waals surface area contributed by atoms with Gasteiger partial charge in [0.1, 0.15) is 0 Å². The summed E-state index contributed by atoms with van der Waals surface area (Å²) >= 11 is 0. The summed E-state index contributed by atoms with van der Waals surface area (Å²) in [6.07, 6.45) is 2.95. The van der Waals surface area contributed by atoms with E-state index in [0.717, 1.165) is 37.1 Å². The molecule has 1 N–H and O–H groups in total. The molecule has 0 aliphatic carbocycles. The minimum atomic E-state index is -0.653. The van der Waals surface area contributed by atoms with E-state index in [-0.39, 0.29) is 5.92 Å². The van der Waals surface area contributed by atoms with Crippen molar-refractivity contribution < 1.29 is 9.84 Å². The molecule has 1 aromatic rings. The van der Waals surface area contributed by atoms with Crippen LogP contribution in [0.25, 0.3) is 0 Å². The van der Waals surface area contributed by atoms with E-state index < -0.39 is 5.60 Å². The molecule has 2 aliphatic heterocycles. The zero-order chi connectivity index (χ0) is 15.6. The van der Waals surface area contributed by atoms with Gasteiger partial charge in [0, 0.05) is 25.1 Å². The Morgan fingerprint density at radius 2 is 2.27 bits per heavy atom. The van der Waals surface area contributed by atoms with E-state index in [0.29, 0.717) is 25.7 Å². The molecule has 0 amide bonds. The van der Waals surface area contributed by atoms with Crippen molar-refractivity contribution in [3.63, 3.8) is 0 Å². The van der Waals surface area contributed by atoms with Crippen LogP contribution in [0.3, 0.4) is 0 Å². The molecule has 2 fully saturated rings. The second-order valence-electron chi connectivity index (χ2n) is 6.74. The maximum absolute atomic E-state index is 10.7. The molecule has 3 rings (SSSR count). The van der Waals surface area contributed by atoms with Crippen LogP contribution in [-0.2, 0) is 11.3 Å². The van der Waals surface area contributed by atoms with E-state index in [9.17, 15) is 10.4 Å². The van der Waals surface area contributed by atoms with Crippen LogP contribution in [0.15, 0.2) is 24.3 Å². The first-order chi connectivity index (χ1) is 10.6. The summed E-state index contributed by atoms with van der Waals surface area (Å²) in [5.74, 6) is 0.151. The van der Waals surface area contributed by atoms with Gasteiger partial charge in [0.05, 0.1) is 23.8 Å². The minimum Gasteiger partial charge on any atom is -0.390 e. The highest BCUT2D eigenvalue weighted by Gasteiger charge is 2.44. The summed E-state index contributed by atoms with van der Waals surface area (Å²) in [5.41, 5.74) is 1.17. The quantitative estimate of drug-likeness (QED) is 0.930. The lowest BCUT2D eigenvalue weighted by atomic mass is 9.79. The Balaban J connectivity index is 1.77. The summed E-state index contributed by atoms with van der Waals surface area (Å²) in [7, 11) is 0. The standard InChI is InChI=1S/C18H24N2O2/c1-18(21)8-10-22-13-16(18)17-7-4-9-20(17)12-15-6-3-2-5-14(15)11-19/h2-3,5-6,16-17,21H,4,7-10,12-13H2,1H3/t16-,17+,18-/m0/s1. The van der Waals surface area contributed by atoms with Crippen LogP contribution < -0.4 is 0 Å². The molecule has 4 heteroatoms. The van der Waals surface area contributed by atoms with Crippen molar-refractivity contribution in [3.05, 3.63) is 35.4 Å². The first-order valence-corrected chi connectivity index (χ1v) is 8.14. The Labute approximate surface area is 132 Å². The van der Waals surface area contributed by atoms with E-state index in [2.05, 4.69) is 11.0 Å². The number of nitrogens with zero attached hydrogens (tertiary/aromatic N) is 2. The predicted octanol–water partition coefficient (Wildman–Crippen LogP) is 2.31. The molecule has 3 atom stereocenters. The van der Waals surface area contributed by atoms with Crippen molar-refractivity contribution in [2.75, 3.05) is 19.8 Å². The fourth-order valence-corrected chi connectivity index (χ4v) is 3.87. The molecule has 22 heavy (non-hydrogen) atoms. The van der Waals surface area contributed by atoms with E-state index in [1.54, 1.807) is 0 Å². The second kappa shape index (κ2) is 6.37. The van der Waals surface area contributed by atoms with Gasteiger partial charge in [-0.2, -0.15) is 5.26 Å². The fourth-order valence-electron chi connectivity index (χ4n) is 3.87. The number of rotatable bonds is 3. The maximum atomic E-state index is 10.7. The Hall–Kier alpha value is -1.41. The van der Waals surface area contributed by atoms with Gasteiger partial charge in [-0.25, -0.2) is 0 Å². The first kappa shape index (κ1) is 15.5. The third-order valence-corrected chi connectivity index (χ3v) is 5.24. The molecule has 0 saturated carbocycles. The smallest absolute Gasteiger partial charge is 0.0995 e. The first-order valence-electron chi connectivity index (χ1n) is 8.14. The van der Waals surface area contributed by atoms with Crippen molar-refractivity contribution >= 4 is 0 Å². The van der Waals surface area contributed by atoms with Gasteiger partial charge in [-0.3, -0.25) is 4.90 Å². The molecule has 0 spiro atoms. The predicted molar refractivity (Wildman–Crippen MR) is 84.1 cm³/mol. The molecule has 118 valence electrons. The average Bonchev–Trinajstić information content (AvgIpc) is 2.95. The van der Waals surface area contributed by atoms with Crippen LogP contribution in [0.1, 0.15) is 37.3 Å².